The van der Waals surface area contributed by atoms with E-state index >= 15 is 0 Å². The molecule has 6 heteroatoms. The van der Waals surface area contributed by atoms with Crippen molar-refractivity contribution in [1.29, 1.82) is 0 Å². The van der Waals surface area contributed by atoms with E-state index in [-0.39, 0.29) is 0 Å². The van der Waals surface area contributed by atoms with Crippen molar-refractivity contribution in [3.8, 4) is 45.3 Å². The maximum absolute atomic E-state index is 6.83. The lowest BCUT2D eigenvalue weighted by Crippen LogP contribution is -2.00. The molecular formula is C42H24N4OS. The number of hydrogen-bond donors (Lipinski definition) is 0. The molecule has 0 aliphatic carbocycles. The maximum atomic E-state index is 6.83. The van der Waals surface area contributed by atoms with Crippen LogP contribution in [0.15, 0.2) is 150 Å². The Kier molecular flexibility index (Phi) is 5.98. The van der Waals surface area contributed by atoms with E-state index in [9.17, 15) is 0 Å². The number of pyridine rings is 1. The van der Waals surface area contributed by atoms with E-state index in [0.29, 0.717) is 17.5 Å². The number of fused-ring (bicyclic) bond motifs is 7. The third-order valence-corrected chi connectivity index (χ3v) is 10.2. The summed E-state index contributed by atoms with van der Waals surface area (Å²) >= 11 is 1.81. The fourth-order valence-electron chi connectivity index (χ4n) is 6.67. The first-order valence-electron chi connectivity index (χ1n) is 15.8. The van der Waals surface area contributed by atoms with Gasteiger partial charge in [0.25, 0.3) is 0 Å². The second-order valence-electron chi connectivity index (χ2n) is 11.8. The van der Waals surface area contributed by atoms with E-state index in [2.05, 4.69) is 66.7 Å². The number of hydrogen-bond acceptors (Lipinski definition) is 6. The van der Waals surface area contributed by atoms with Crippen LogP contribution in [0.3, 0.4) is 0 Å². The zero-order valence-electron chi connectivity index (χ0n) is 25.5. The first-order chi connectivity index (χ1) is 23.8. The second kappa shape index (κ2) is 10.7. The highest BCUT2D eigenvalue weighted by molar-refractivity contribution is 7.26. The lowest BCUT2D eigenvalue weighted by Gasteiger charge is -2.11. The molecule has 4 heterocycles. The van der Waals surface area contributed by atoms with Crippen molar-refractivity contribution in [2.75, 3.05) is 0 Å². The maximum Gasteiger partial charge on any atom is 0.164 e. The number of furan rings is 1. The predicted molar refractivity (Wildman–Crippen MR) is 197 cm³/mol. The molecule has 6 aromatic carbocycles. The van der Waals surface area contributed by atoms with Crippen LogP contribution in [0.2, 0.25) is 0 Å². The van der Waals surface area contributed by atoms with E-state index in [1.807, 2.05) is 90.2 Å². The molecule has 48 heavy (non-hydrogen) atoms. The van der Waals surface area contributed by atoms with Gasteiger partial charge in [0.05, 0.1) is 10.9 Å². The van der Waals surface area contributed by atoms with E-state index in [1.54, 1.807) is 0 Å². The van der Waals surface area contributed by atoms with Gasteiger partial charge < -0.3 is 4.42 Å². The van der Waals surface area contributed by atoms with Gasteiger partial charge >= 0.3 is 0 Å². The third kappa shape index (κ3) is 4.24. The summed E-state index contributed by atoms with van der Waals surface area (Å²) in [4.78, 5) is 20.3. The molecule has 0 aliphatic rings. The van der Waals surface area contributed by atoms with Crippen LogP contribution in [-0.2, 0) is 0 Å². The van der Waals surface area contributed by atoms with Crippen LogP contribution >= 0.6 is 11.3 Å². The SMILES string of the molecule is c1ccc(-c2nc(-c3ccccc3)nc(-c3ccc(-c4cccc5c4sc4ccccc45)c4oc5cc6ccccc6nc5c34)n2)cc1. The van der Waals surface area contributed by atoms with Crippen LogP contribution in [0.25, 0.3) is 98.4 Å². The van der Waals surface area contributed by atoms with Crippen molar-refractivity contribution < 1.29 is 4.42 Å². The van der Waals surface area contributed by atoms with Gasteiger partial charge in [-0.2, -0.15) is 0 Å². The Bertz CT molecular complexity index is 2780. The Morgan fingerprint density at radius 1 is 0.479 bits per heavy atom. The van der Waals surface area contributed by atoms with E-state index < -0.39 is 0 Å². The van der Waals surface area contributed by atoms with Crippen LogP contribution in [0.5, 0.6) is 0 Å². The first-order valence-corrected chi connectivity index (χ1v) is 16.6. The number of aromatic nitrogens is 4. The average molecular weight is 633 g/mol. The van der Waals surface area contributed by atoms with Gasteiger partial charge in [-0.1, -0.05) is 115 Å². The van der Waals surface area contributed by atoms with Gasteiger partial charge in [-0.15, -0.1) is 11.3 Å². The number of para-hydroxylation sites is 1. The van der Waals surface area contributed by atoms with Crippen LogP contribution in [0.4, 0.5) is 0 Å². The molecule has 0 aliphatic heterocycles. The lowest BCUT2D eigenvalue weighted by atomic mass is 9.97. The molecule has 4 aromatic heterocycles. The summed E-state index contributed by atoms with van der Waals surface area (Å²) in [6.45, 7) is 0. The Balaban J connectivity index is 1.30. The Hall–Kier alpha value is -6.24. The predicted octanol–water partition coefficient (Wildman–Crippen LogP) is 11.4. The first kappa shape index (κ1) is 26.9. The number of nitrogens with zero attached hydrogens (tertiary/aromatic N) is 4. The molecule has 0 N–H and O–H groups in total. The van der Waals surface area contributed by atoms with Gasteiger partial charge in [0.15, 0.2) is 23.1 Å². The van der Waals surface area contributed by atoms with Crippen LogP contribution in [0.1, 0.15) is 0 Å². The van der Waals surface area contributed by atoms with Crippen molar-refractivity contribution in [2.45, 2.75) is 0 Å². The number of thiophene rings is 1. The van der Waals surface area contributed by atoms with Crippen molar-refractivity contribution >= 4 is 64.5 Å². The third-order valence-electron chi connectivity index (χ3n) is 8.93. The van der Waals surface area contributed by atoms with Crippen LogP contribution < -0.4 is 0 Å². The Morgan fingerprint density at radius 2 is 1.12 bits per heavy atom. The van der Waals surface area contributed by atoms with Gasteiger partial charge in [-0.25, -0.2) is 19.9 Å². The number of benzene rings is 6. The number of rotatable bonds is 4. The Labute approximate surface area is 278 Å². The molecule has 224 valence electrons. The molecule has 0 radical (unpaired) electrons. The van der Waals surface area contributed by atoms with E-state index in [1.165, 1.54) is 20.2 Å². The molecule has 0 unspecified atom stereocenters. The lowest BCUT2D eigenvalue weighted by molar-refractivity contribution is 0.670. The van der Waals surface area contributed by atoms with Crippen LogP contribution in [-0.4, -0.2) is 19.9 Å². The van der Waals surface area contributed by atoms with E-state index in [4.69, 9.17) is 24.4 Å². The highest BCUT2D eigenvalue weighted by Gasteiger charge is 2.23. The topological polar surface area (TPSA) is 64.7 Å². The van der Waals surface area contributed by atoms with Gasteiger partial charge in [0, 0.05) is 53.4 Å². The largest absolute Gasteiger partial charge is 0.454 e. The Morgan fingerprint density at radius 3 is 1.92 bits per heavy atom. The van der Waals surface area contributed by atoms with Gasteiger partial charge in [-0.05, 0) is 30.3 Å². The van der Waals surface area contributed by atoms with Crippen molar-refractivity contribution in [1.82, 2.24) is 19.9 Å². The zero-order valence-corrected chi connectivity index (χ0v) is 26.3. The molecule has 10 rings (SSSR count). The molecule has 0 atom stereocenters. The summed E-state index contributed by atoms with van der Waals surface area (Å²) in [7, 11) is 0. The molecule has 0 saturated heterocycles. The summed E-state index contributed by atoms with van der Waals surface area (Å²) in [5.74, 6) is 1.79. The quantitative estimate of drug-likeness (QED) is 0.193. The van der Waals surface area contributed by atoms with Gasteiger partial charge in [0.2, 0.25) is 0 Å². The molecule has 0 amide bonds. The second-order valence-corrected chi connectivity index (χ2v) is 12.9. The summed E-state index contributed by atoms with van der Waals surface area (Å²) in [6.07, 6.45) is 0. The standard InChI is InChI=1S/C42H24N4OS/c1-3-12-25(13-4-1)40-44-41(26-14-5-2-6-15-26)46-42(45-40)32-23-22-29(31-19-11-18-30-28-17-8-10-21-35(28)48-39(30)31)38-36(32)37-34(47-38)24-27-16-7-9-20-33(27)43-37/h1-24H. The summed E-state index contributed by atoms with van der Waals surface area (Å²) in [5, 5.41) is 4.41. The highest BCUT2D eigenvalue weighted by atomic mass is 32.1. The minimum Gasteiger partial charge on any atom is -0.454 e. The summed E-state index contributed by atoms with van der Waals surface area (Å²) < 4.78 is 9.32. The summed E-state index contributed by atoms with van der Waals surface area (Å²) in [6, 6.07) is 49.7. The van der Waals surface area contributed by atoms with Crippen molar-refractivity contribution in [3.05, 3.63) is 146 Å². The molecule has 0 fully saturated rings. The monoisotopic (exact) mass is 632 g/mol. The smallest absolute Gasteiger partial charge is 0.164 e. The zero-order chi connectivity index (χ0) is 31.6. The van der Waals surface area contributed by atoms with Crippen LogP contribution in [0, 0.1) is 0 Å². The molecular weight excluding hydrogens is 609 g/mol. The highest BCUT2D eigenvalue weighted by Crippen LogP contribution is 2.45. The molecule has 5 nitrogen and oxygen atoms in total. The van der Waals surface area contributed by atoms with E-state index in [0.717, 1.165) is 60.8 Å². The normalized spacial score (nSPS) is 11.8. The summed E-state index contributed by atoms with van der Waals surface area (Å²) in [5.41, 5.74) is 7.99. The molecule has 10 aromatic rings. The fourth-order valence-corrected chi connectivity index (χ4v) is 7.90. The molecule has 0 spiro atoms. The minimum atomic E-state index is 0.567. The van der Waals surface area contributed by atoms with Gasteiger partial charge in [0.1, 0.15) is 11.1 Å². The average Bonchev–Trinajstić information content (AvgIpc) is 3.73. The molecule has 0 saturated carbocycles. The van der Waals surface area contributed by atoms with Crippen molar-refractivity contribution in [3.63, 3.8) is 0 Å². The van der Waals surface area contributed by atoms with Gasteiger partial charge in [-0.3, -0.25) is 0 Å². The fraction of sp³-hybridized carbons (Fsp3) is 0. The molecule has 0 bridgehead atoms. The van der Waals surface area contributed by atoms with Crippen molar-refractivity contribution in [2.24, 2.45) is 0 Å². The minimum absolute atomic E-state index is 0.567.